The predicted octanol–water partition coefficient (Wildman–Crippen LogP) is 1.89. The van der Waals surface area contributed by atoms with E-state index < -0.39 is 16.1 Å². The third-order valence-electron chi connectivity index (χ3n) is 4.90. The molecule has 1 aliphatic rings. The summed E-state index contributed by atoms with van der Waals surface area (Å²) in [5.74, 6) is 0.158. The van der Waals surface area contributed by atoms with E-state index in [1.807, 2.05) is 0 Å². The lowest BCUT2D eigenvalue weighted by Crippen LogP contribution is -2.31. The Hall–Kier alpha value is -3.53. The van der Waals surface area contributed by atoms with Crippen molar-refractivity contribution in [1.29, 1.82) is 0 Å². The lowest BCUT2D eigenvalue weighted by atomic mass is 10.1. The normalized spacial score (nSPS) is 16.5. The summed E-state index contributed by atoms with van der Waals surface area (Å²) in [4.78, 5) is 21.4. The summed E-state index contributed by atoms with van der Waals surface area (Å²) >= 11 is 0. The van der Waals surface area contributed by atoms with Gasteiger partial charge in [0.1, 0.15) is 23.5 Å². The SMILES string of the molecule is Cn1ccnc1[C@@H](NC(=O)CCN=C1NS(=O)(=O)c2ccccc21)c1ccc(F)cc1. The zero-order valence-electron chi connectivity index (χ0n) is 16.6. The minimum absolute atomic E-state index is 0.0372. The fourth-order valence-electron chi connectivity index (χ4n) is 3.36. The molecule has 1 aliphatic heterocycles. The lowest BCUT2D eigenvalue weighted by molar-refractivity contribution is -0.121. The summed E-state index contributed by atoms with van der Waals surface area (Å²) in [5.41, 5.74) is 1.17. The first-order valence-corrected chi connectivity index (χ1v) is 11.0. The molecule has 0 radical (unpaired) electrons. The van der Waals surface area contributed by atoms with E-state index in [0.717, 1.165) is 0 Å². The predicted molar refractivity (Wildman–Crippen MR) is 112 cm³/mol. The second kappa shape index (κ2) is 8.31. The monoisotopic (exact) mass is 441 g/mol. The van der Waals surface area contributed by atoms with Crippen molar-refractivity contribution < 1.29 is 17.6 Å². The van der Waals surface area contributed by atoms with Gasteiger partial charge < -0.3 is 9.88 Å². The van der Waals surface area contributed by atoms with E-state index in [9.17, 15) is 17.6 Å². The van der Waals surface area contributed by atoms with Crippen LogP contribution in [0.5, 0.6) is 0 Å². The Labute approximate surface area is 178 Å². The maximum absolute atomic E-state index is 13.3. The van der Waals surface area contributed by atoms with Crippen molar-refractivity contribution in [2.24, 2.45) is 12.0 Å². The number of hydrogen-bond donors (Lipinski definition) is 2. The van der Waals surface area contributed by atoms with Gasteiger partial charge in [0, 0.05) is 31.4 Å². The van der Waals surface area contributed by atoms with Crippen LogP contribution in [0.3, 0.4) is 0 Å². The molecule has 31 heavy (non-hydrogen) atoms. The largest absolute Gasteiger partial charge is 0.342 e. The smallest absolute Gasteiger partial charge is 0.263 e. The Morgan fingerprint density at radius 1 is 1.23 bits per heavy atom. The highest BCUT2D eigenvalue weighted by Crippen LogP contribution is 2.23. The zero-order chi connectivity index (χ0) is 22.0. The van der Waals surface area contributed by atoms with E-state index in [0.29, 0.717) is 17.0 Å². The number of hydrogen-bond acceptors (Lipinski definition) is 5. The Bertz CT molecular complexity index is 1250. The molecular formula is C21H20FN5O3S. The van der Waals surface area contributed by atoms with Gasteiger partial charge in [0.15, 0.2) is 0 Å². The molecule has 0 fully saturated rings. The van der Waals surface area contributed by atoms with Gasteiger partial charge in [0.25, 0.3) is 10.0 Å². The molecule has 0 aliphatic carbocycles. The molecule has 1 amide bonds. The summed E-state index contributed by atoms with van der Waals surface area (Å²) in [7, 11) is -1.82. The van der Waals surface area contributed by atoms with E-state index in [-0.39, 0.29) is 35.4 Å². The molecule has 2 N–H and O–H groups in total. The number of benzene rings is 2. The Morgan fingerprint density at radius 3 is 2.68 bits per heavy atom. The van der Waals surface area contributed by atoms with Gasteiger partial charge in [0.05, 0.1) is 11.4 Å². The first-order chi connectivity index (χ1) is 14.8. The van der Waals surface area contributed by atoms with Crippen molar-refractivity contribution in [3.8, 4) is 0 Å². The molecule has 0 unspecified atom stereocenters. The highest BCUT2D eigenvalue weighted by atomic mass is 32.2. The minimum Gasteiger partial charge on any atom is -0.342 e. The lowest BCUT2D eigenvalue weighted by Gasteiger charge is -2.19. The molecular weight excluding hydrogens is 421 g/mol. The van der Waals surface area contributed by atoms with Gasteiger partial charge in [-0.2, -0.15) is 0 Å². The highest BCUT2D eigenvalue weighted by molar-refractivity contribution is 7.90. The van der Waals surface area contributed by atoms with Crippen LogP contribution in [0, 0.1) is 5.82 Å². The number of carbonyl (C=O) groups is 1. The van der Waals surface area contributed by atoms with Crippen LogP contribution in [0.4, 0.5) is 4.39 Å². The number of aromatic nitrogens is 2. The first kappa shape index (κ1) is 20.7. The van der Waals surface area contributed by atoms with Crippen LogP contribution in [0.25, 0.3) is 0 Å². The van der Waals surface area contributed by atoms with Gasteiger partial charge in [0.2, 0.25) is 5.91 Å². The molecule has 4 rings (SSSR count). The van der Waals surface area contributed by atoms with Crippen molar-refractivity contribution in [3.05, 3.63) is 83.7 Å². The summed E-state index contributed by atoms with van der Waals surface area (Å²) in [6, 6.07) is 11.8. The molecule has 3 aromatic rings. The first-order valence-electron chi connectivity index (χ1n) is 9.54. The van der Waals surface area contributed by atoms with Crippen molar-refractivity contribution in [2.75, 3.05) is 6.54 Å². The average molecular weight is 441 g/mol. The van der Waals surface area contributed by atoms with Crippen molar-refractivity contribution >= 4 is 21.8 Å². The molecule has 10 heteroatoms. The molecule has 0 spiro atoms. The maximum atomic E-state index is 13.3. The van der Waals surface area contributed by atoms with Crippen molar-refractivity contribution in [3.63, 3.8) is 0 Å². The Morgan fingerprint density at radius 2 is 1.97 bits per heavy atom. The van der Waals surface area contributed by atoms with Crippen molar-refractivity contribution in [2.45, 2.75) is 17.4 Å². The number of carbonyl (C=O) groups excluding carboxylic acids is 1. The third kappa shape index (κ3) is 4.33. The minimum atomic E-state index is -3.62. The molecule has 1 aromatic heterocycles. The van der Waals surface area contributed by atoms with E-state index in [4.69, 9.17) is 0 Å². The Balaban J connectivity index is 1.47. The second-order valence-corrected chi connectivity index (χ2v) is 8.68. The van der Waals surface area contributed by atoms with E-state index >= 15 is 0 Å². The van der Waals surface area contributed by atoms with Crippen LogP contribution in [0.15, 0.2) is 70.8 Å². The number of rotatable bonds is 6. The number of nitrogens with zero attached hydrogens (tertiary/aromatic N) is 3. The summed E-state index contributed by atoms with van der Waals surface area (Å²) in [6.07, 6.45) is 3.41. The van der Waals surface area contributed by atoms with Crippen LogP contribution >= 0.6 is 0 Å². The fourth-order valence-corrected chi connectivity index (χ4v) is 4.61. The number of amides is 1. The molecule has 1 atom stereocenters. The van der Waals surface area contributed by atoms with E-state index in [1.165, 1.54) is 18.2 Å². The Kier molecular flexibility index (Phi) is 5.55. The van der Waals surface area contributed by atoms with E-state index in [2.05, 4.69) is 20.0 Å². The summed E-state index contributed by atoms with van der Waals surface area (Å²) in [5, 5.41) is 2.90. The standard InChI is InChI=1S/C21H20FN5O3S/c1-27-13-12-24-21(27)19(14-6-8-15(22)9-7-14)25-18(28)10-11-23-20-16-4-2-3-5-17(16)31(29,30)26-20/h2-9,12-13,19H,10-11H2,1H3,(H,23,26)(H,25,28)/t19-/m0/s1. The van der Waals surface area contributed by atoms with Crippen molar-refractivity contribution in [1.82, 2.24) is 19.6 Å². The van der Waals surface area contributed by atoms with Crippen LogP contribution in [0.1, 0.15) is 29.4 Å². The van der Waals surface area contributed by atoms with Gasteiger partial charge >= 0.3 is 0 Å². The number of nitrogens with one attached hydrogen (secondary N) is 2. The number of halogens is 1. The molecule has 8 nitrogen and oxygen atoms in total. The van der Waals surface area contributed by atoms with Gasteiger partial charge in [-0.25, -0.2) is 17.8 Å². The maximum Gasteiger partial charge on any atom is 0.263 e. The quantitative estimate of drug-likeness (QED) is 0.609. The number of sulfonamides is 1. The fraction of sp³-hybridized carbons (Fsp3) is 0.190. The average Bonchev–Trinajstić information content (AvgIpc) is 3.28. The number of aryl methyl sites for hydroxylation is 1. The van der Waals surface area contributed by atoms with Gasteiger partial charge in [-0.15, -0.1) is 0 Å². The van der Waals surface area contributed by atoms with Crippen LogP contribution < -0.4 is 10.0 Å². The number of fused-ring (bicyclic) bond motifs is 1. The van der Waals surface area contributed by atoms with Crippen LogP contribution in [0.2, 0.25) is 0 Å². The third-order valence-corrected chi connectivity index (χ3v) is 6.29. The zero-order valence-corrected chi connectivity index (χ0v) is 17.4. The van der Waals surface area contributed by atoms with E-state index in [1.54, 1.807) is 54.3 Å². The highest BCUT2D eigenvalue weighted by Gasteiger charge is 2.30. The van der Waals surface area contributed by atoms with Gasteiger partial charge in [-0.05, 0) is 29.8 Å². The number of amidine groups is 1. The topological polar surface area (TPSA) is 105 Å². The molecule has 2 heterocycles. The molecule has 2 aromatic carbocycles. The molecule has 0 bridgehead atoms. The molecule has 160 valence electrons. The van der Waals surface area contributed by atoms with Crippen LogP contribution in [-0.4, -0.2) is 36.3 Å². The summed E-state index contributed by atoms with van der Waals surface area (Å²) in [6.45, 7) is 0.0920. The second-order valence-electron chi connectivity index (χ2n) is 7.03. The van der Waals surface area contributed by atoms with Gasteiger partial charge in [-0.1, -0.05) is 24.3 Å². The number of aliphatic imine (C=N–C) groups is 1. The molecule has 0 saturated carbocycles. The molecule has 0 saturated heterocycles. The number of imidazole rings is 1. The van der Waals surface area contributed by atoms with Crippen LogP contribution in [-0.2, 0) is 21.9 Å². The summed E-state index contributed by atoms with van der Waals surface area (Å²) < 4.78 is 41.8. The van der Waals surface area contributed by atoms with Gasteiger partial charge in [-0.3, -0.25) is 14.5 Å².